The molecule has 0 N–H and O–H groups in total. The molecule has 158 valence electrons. The van der Waals surface area contributed by atoms with E-state index in [1.165, 1.54) is 7.11 Å². The number of hydrogen-bond acceptors (Lipinski definition) is 5. The molecule has 1 saturated heterocycles. The molecule has 0 aliphatic carbocycles. The molecule has 0 amide bonds. The largest absolute Gasteiger partial charge is 0.467 e. The smallest absolute Gasteiger partial charge is 0.331 e. The molecule has 0 aromatic heterocycles. The first-order valence-electron chi connectivity index (χ1n) is 10.1. The molecule has 1 fully saturated rings. The number of ether oxygens (including phenoxy) is 2. The fourth-order valence-electron chi connectivity index (χ4n) is 3.50. The van der Waals surface area contributed by atoms with Crippen molar-refractivity contribution in [2.45, 2.75) is 70.9 Å². The second-order valence-corrected chi connectivity index (χ2v) is 14.4. The summed E-state index contributed by atoms with van der Waals surface area (Å²) in [4.78, 5) is 15.3. The van der Waals surface area contributed by atoms with Crippen LogP contribution in [-0.2, 0) is 25.2 Å². The lowest BCUT2D eigenvalue weighted by Crippen LogP contribution is -2.63. The third-order valence-electron chi connectivity index (χ3n) is 6.26. The predicted octanol–water partition coefficient (Wildman–Crippen LogP) is 4.43. The van der Waals surface area contributed by atoms with Gasteiger partial charge in [0.15, 0.2) is 13.9 Å². The summed E-state index contributed by atoms with van der Waals surface area (Å²) >= 11 is 0. The van der Waals surface area contributed by atoms with E-state index < -0.39 is 13.9 Å². The summed E-state index contributed by atoms with van der Waals surface area (Å²) in [6, 6.07) is 10.2. The molecule has 1 unspecified atom stereocenters. The Hall–Kier alpha value is -1.21. The molecule has 1 aromatic rings. The van der Waals surface area contributed by atoms with Crippen molar-refractivity contribution < 1.29 is 18.7 Å². The quantitative estimate of drug-likeness (QED) is 0.494. The molecule has 2 rings (SSSR count). The Morgan fingerprint density at radius 3 is 2.39 bits per heavy atom. The fourth-order valence-corrected chi connectivity index (χ4v) is 4.51. The van der Waals surface area contributed by atoms with Gasteiger partial charge in [0.25, 0.3) is 0 Å². The van der Waals surface area contributed by atoms with Crippen LogP contribution >= 0.6 is 0 Å². The highest BCUT2D eigenvalue weighted by atomic mass is 28.4. The molecule has 0 radical (unpaired) electrons. The first kappa shape index (κ1) is 23.1. The van der Waals surface area contributed by atoms with Crippen LogP contribution in [0.5, 0.6) is 0 Å². The first-order chi connectivity index (χ1) is 13.0. The third kappa shape index (κ3) is 4.51. The molecule has 1 aliphatic heterocycles. The van der Waals surface area contributed by atoms with Crippen molar-refractivity contribution in [3.05, 3.63) is 35.9 Å². The van der Waals surface area contributed by atoms with E-state index in [0.717, 1.165) is 5.56 Å². The number of rotatable bonds is 7. The van der Waals surface area contributed by atoms with Gasteiger partial charge < -0.3 is 13.9 Å². The number of benzene rings is 1. The summed E-state index contributed by atoms with van der Waals surface area (Å²) in [6.45, 7) is 16.5. The molecule has 28 heavy (non-hydrogen) atoms. The maximum absolute atomic E-state index is 13.2. The van der Waals surface area contributed by atoms with E-state index in [-0.39, 0.29) is 29.6 Å². The van der Waals surface area contributed by atoms with Crippen LogP contribution in [0.3, 0.4) is 0 Å². The van der Waals surface area contributed by atoms with Crippen LogP contribution < -0.4 is 0 Å². The van der Waals surface area contributed by atoms with Gasteiger partial charge in [-0.1, -0.05) is 65.0 Å². The molecule has 0 spiro atoms. The van der Waals surface area contributed by atoms with E-state index in [1.807, 2.05) is 18.2 Å². The van der Waals surface area contributed by atoms with Crippen molar-refractivity contribution in [2.75, 3.05) is 20.4 Å². The Labute approximate surface area is 171 Å². The Morgan fingerprint density at radius 1 is 1.29 bits per heavy atom. The summed E-state index contributed by atoms with van der Waals surface area (Å²) in [5.41, 5.74) is 0.185. The fraction of sp³-hybridized carbons (Fsp3) is 0.682. The van der Waals surface area contributed by atoms with E-state index in [9.17, 15) is 4.79 Å². The molecule has 2 atom stereocenters. The zero-order valence-corrected chi connectivity index (χ0v) is 19.7. The molecule has 1 aromatic carbocycles. The summed E-state index contributed by atoms with van der Waals surface area (Å²) < 4.78 is 18.0. The summed E-state index contributed by atoms with van der Waals surface area (Å²) in [5, 5.41) is 0.0569. The van der Waals surface area contributed by atoms with E-state index in [0.29, 0.717) is 13.3 Å². The average Bonchev–Trinajstić information content (AvgIpc) is 2.98. The number of carbonyl (C=O) groups excluding carboxylic acids is 1. The second-order valence-electron chi connectivity index (χ2n) is 9.61. The zero-order chi connectivity index (χ0) is 21.2. The molecular weight excluding hydrogens is 370 g/mol. The van der Waals surface area contributed by atoms with Gasteiger partial charge in [-0.25, -0.2) is 4.79 Å². The lowest BCUT2D eigenvalue weighted by Gasteiger charge is -2.43. The lowest BCUT2D eigenvalue weighted by atomic mass is 9.85. The van der Waals surface area contributed by atoms with E-state index in [1.54, 1.807) is 0 Å². The normalized spacial score (nSPS) is 24.0. The van der Waals surface area contributed by atoms with Gasteiger partial charge in [-0.05, 0) is 29.6 Å². The van der Waals surface area contributed by atoms with Crippen molar-refractivity contribution in [2.24, 2.45) is 5.92 Å². The predicted molar refractivity (Wildman–Crippen MR) is 114 cm³/mol. The molecule has 1 aliphatic rings. The van der Waals surface area contributed by atoms with Gasteiger partial charge in [0, 0.05) is 6.54 Å². The SMILES string of the molecule is COC(=O)[C@]1(CO[Si](C)(C)C(C)(C)C)C(C(C)C)OCN1Cc1ccccc1. The van der Waals surface area contributed by atoms with E-state index >= 15 is 0 Å². The van der Waals surface area contributed by atoms with Gasteiger partial charge in [0.05, 0.1) is 19.8 Å². The average molecular weight is 408 g/mol. The second kappa shape index (κ2) is 8.65. The van der Waals surface area contributed by atoms with Crippen LogP contribution in [0.4, 0.5) is 0 Å². The Bertz CT molecular complexity index is 656. The molecular formula is C22H37NO4Si. The lowest BCUT2D eigenvalue weighted by molar-refractivity contribution is -0.159. The molecule has 5 nitrogen and oxygen atoms in total. The van der Waals surface area contributed by atoms with Gasteiger partial charge in [-0.3, -0.25) is 4.90 Å². The van der Waals surface area contributed by atoms with Gasteiger partial charge in [-0.15, -0.1) is 0 Å². The monoisotopic (exact) mass is 407 g/mol. The number of carbonyl (C=O) groups is 1. The Morgan fingerprint density at radius 2 is 1.89 bits per heavy atom. The summed E-state index contributed by atoms with van der Waals surface area (Å²) in [6.07, 6.45) is -0.284. The van der Waals surface area contributed by atoms with Gasteiger partial charge >= 0.3 is 5.97 Å². The van der Waals surface area contributed by atoms with Crippen molar-refractivity contribution >= 4 is 14.3 Å². The number of methoxy groups -OCH3 is 1. The Kier molecular flexibility index (Phi) is 7.13. The molecule has 0 bridgehead atoms. The summed E-state index contributed by atoms with van der Waals surface area (Å²) in [5.74, 6) is -0.124. The minimum atomic E-state index is -2.05. The highest BCUT2D eigenvalue weighted by Gasteiger charge is 2.58. The zero-order valence-electron chi connectivity index (χ0n) is 18.7. The van der Waals surface area contributed by atoms with Crippen molar-refractivity contribution in [3.63, 3.8) is 0 Å². The van der Waals surface area contributed by atoms with E-state index in [2.05, 4.69) is 64.7 Å². The molecule has 6 heteroatoms. The Balaban J connectivity index is 2.41. The third-order valence-corrected chi connectivity index (χ3v) is 10.7. The molecule has 1 heterocycles. The number of hydrogen-bond donors (Lipinski definition) is 0. The van der Waals surface area contributed by atoms with Gasteiger partial charge in [0.2, 0.25) is 0 Å². The van der Waals surface area contributed by atoms with Crippen LogP contribution in [0.2, 0.25) is 18.1 Å². The minimum absolute atomic E-state index is 0.0569. The van der Waals surface area contributed by atoms with Crippen molar-refractivity contribution in [1.82, 2.24) is 4.90 Å². The van der Waals surface area contributed by atoms with E-state index in [4.69, 9.17) is 13.9 Å². The summed E-state index contributed by atoms with van der Waals surface area (Å²) in [7, 11) is -0.603. The topological polar surface area (TPSA) is 48.0 Å². The highest BCUT2D eigenvalue weighted by Crippen LogP contribution is 2.41. The maximum Gasteiger partial charge on any atom is 0.331 e. The van der Waals surface area contributed by atoms with Crippen molar-refractivity contribution in [1.29, 1.82) is 0 Å². The van der Waals surface area contributed by atoms with Crippen LogP contribution in [0.25, 0.3) is 0 Å². The van der Waals surface area contributed by atoms with Gasteiger partial charge in [-0.2, -0.15) is 0 Å². The van der Waals surface area contributed by atoms with Crippen molar-refractivity contribution in [3.8, 4) is 0 Å². The standard InChI is InChI=1S/C22H37NO4Si/c1-17(2)19-22(20(24)25-6,15-27-28(7,8)21(3,4)5)23(16-26-19)14-18-12-10-9-11-13-18/h9-13,17,19H,14-16H2,1-8H3/t19?,22-/m0/s1. The van der Waals surface area contributed by atoms with Gasteiger partial charge in [0.1, 0.15) is 6.73 Å². The highest BCUT2D eigenvalue weighted by molar-refractivity contribution is 6.74. The molecule has 0 saturated carbocycles. The van der Waals surface area contributed by atoms with Crippen LogP contribution in [0, 0.1) is 5.92 Å². The van der Waals surface area contributed by atoms with Crippen LogP contribution in [0.1, 0.15) is 40.2 Å². The number of nitrogens with zero attached hydrogens (tertiary/aromatic N) is 1. The maximum atomic E-state index is 13.2. The van der Waals surface area contributed by atoms with Crippen LogP contribution in [-0.4, -0.2) is 51.3 Å². The van der Waals surface area contributed by atoms with Crippen LogP contribution in [0.15, 0.2) is 30.3 Å². The number of esters is 1. The minimum Gasteiger partial charge on any atom is -0.467 e. The first-order valence-corrected chi connectivity index (χ1v) is 13.0.